The molecule has 0 spiro atoms. The number of benzene rings is 1. The molecule has 0 fully saturated rings. The maximum Gasteiger partial charge on any atom is 0.229 e. The van der Waals surface area contributed by atoms with Crippen molar-refractivity contribution in [3.05, 3.63) is 34.3 Å². The van der Waals surface area contributed by atoms with Gasteiger partial charge in [0.15, 0.2) is 0 Å². The smallest absolute Gasteiger partial charge is 0.229 e. The highest BCUT2D eigenvalue weighted by atomic mass is 35.5. The van der Waals surface area contributed by atoms with Crippen LogP contribution in [-0.2, 0) is 4.79 Å². The van der Waals surface area contributed by atoms with Crippen molar-refractivity contribution in [3.8, 4) is 0 Å². The molecular weight excluding hydrogens is 219 g/mol. The summed E-state index contributed by atoms with van der Waals surface area (Å²) in [7, 11) is 0. The molecule has 0 saturated carbocycles. The van der Waals surface area contributed by atoms with Crippen LogP contribution < -0.4 is 0 Å². The Bertz CT molecular complexity index is 347. The highest BCUT2D eigenvalue weighted by molar-refractivity contribution is 6.64. The first kappa shape index (κ1) is 11.5. The molecule has 14 heavy (non-hydrogen) atoms. The normalized spacial score (nSPS) is 12.6. The van der Waals surface area contributed by atoms with Crippen molar-refractivity contribution in [1.82, 2.24) is 0 Å². The number of carbonyl (C=O) groups excluding carboxylic acids is 1. The molecule has 1 rings (SSSR count). The molecule has 76 valence electrons. The fourth-order valence-electron chi connectivity index (χ4n) is 1.50. The van der Waals surface area contributed by atoms with Gasteiger partial charge in [0.2, 0.25) is 5.24 Å². The Balaban J connectivity index is 3.16. The Hall–Kier alpha value is -0.530. The van der Waals surface area contributed by atoms with Gasteiger partial charge in [0.1, 0.15) is 0 Å². The minimum absolute atomic E-state index is 0.240. The molecular formula is C11H12Cl2O. The molecule has 1 atom stereocenters. The lowest BCUT2D eigenvalue weighted by Gasteiger charge is -2.13. The molecule has 1 unspecified atom stereocenters. The lowest BCUT2D eigenvalue weighted by molar-refractivity contribution is -0.113. The Labute approximate surface area is 94.0 Å². The summed E-state index contributed by atoms with van der Waals surface area (Å²) in [6.45, 7) is 3.84. The molecule has 1 aromatic carbocycles. The number of halogens is 2. The molecule has 0 aliphatic rings. The molecule has 3 heteroatoms. The van der Waals surface area contributed by atoms with Gasteiger partial charge in [-0.1, -0.05) is 30.7 Å². The third kappa shape index (κ3) is 2.28. The Morgan fingerprint density at radius 3 is 2.64 bits per heavy atom. The van der Waals surface area contributed by atoms with Crippen LogP contribution in [0.5, 0.6) is 0 Å². The summed E-state index contributed by atoms with van der Waals surface area (Å²) in [6, 6.07) is 5.55. The van der Waals surface area contributed by atoms with Gasteiger partial charge in [-0.15, -0.1) is 0 Å². The second-order valence-corrected chi connectivity index (χ2v) is 4.00. The first-order valence-corrected chi connectivity index (χ1v) is 5.27. The summed E-state index contributed by atoms with van der Waals surface area (Å²) in [4.78, 5) is 11.2. The van der Waals surface area contributed by atoms with Crippen LogP contribution in [0.1, 0.15) is 30.4 Å². The van der Waals surface area contributed by atoms with E-state index in [1.807, 2.05) is 32.0 Å². The highest BCUT2D eigenvalue weighted by Gasteiger charge is 2.18. The molecule has 0 amide bonds. The van der Waals surface area contributed by atoms with E-state index in [1.165, 1.54) is 0 Å². The zero-order valence-corrected chi connectivity index (χ0v) is 9.69. The van der Waals surface area contributed by atoms with Gasteiger partial charge in [-0.2, -0.15) is 0 Å². The summed E-state index contributed by atoms with van der Waals surface area (Å²) in [5.74, 6) is -0.240. The highest BCUT2D eigenvalue weighted by Crippen LogP contribution is 2.29. The van der Waals surface area contributed by atoms with E-state index < -0.39 is 0 Å². The fourth-order valence-corrected chi connectivity index (χ4v) is 1.96. The predicted octanol–water partition coefficient (Wildman–Crippen LogP) is 3.91. The van der Waals surface area contributed by atoms with Gasteiger partial charge in [0, 0.05) is 5.02 Å². The van der Waals surface area contributed by atoms with E-state index in [9.17, 15) is 4.79 Å². The molecule has 0 saturated heterocycles. The quantitative estimate of drug-likeness (QED) is 0.721. The van der Waals surface area contributed by atoms with E-state index in [1.54, 1.807) is 0 Å². The minimum atomic E-state index is -0.321. The molecule has 0 aromatic heterocycles. The van der Waals surface area contributed by atoms with Gasteiger partial charge in [0.25, 0.3) is 0 Å². The van der Waals surface area contributed by atoms with Crippen molar-refractivity contribution >= 4 is 28.4 Å². The van der Waals surface area contributed by atoms with Crippen molar-refractivity contribution in [3.63, 3.8) is 0 Å². The second kappa shape index (κ2) is 4.81. The van der Waals surface area contributed by atoms with Crippen LogP contribution in [-0.4, -0.2) is 5.24 Å². The molecule has 0 bridgehead atoms. The van der Waals surface area contributed by atoms with Crippen LogP contribution in [0.15, 0.2) is 18.2 Å². The number of rotatable bonds is 3. The largest absolute Gasteiger partial charge is 0.281 e. The summed E-state index contributed by atoms with van der Waals surface area (Å²) >= 11 is 11.5. The number of hydrogen-bond acceptors (Lipinski definition) is 1. The van der Waals surface area contributed by atoms with Gasteiger partial charge < -0.3 is 0 Å². The molecule has 0 heterocycles. The minimum Gasteiger partial charge on any atom is -0.281 e. The molecule has 0 aliphatic carbocycles. The van der Waals surface area contributed by atoms with Gasteiger partial charge in [0.05, 0.1) is 5.92 Å². The molecule has 0 aliphatic heterocycles. The van der Waals surface area contributed by atoms with Crippen molar-refractivity contribution in [2.45, 2.75) is 26.2 Å². The summed E-state index contributed by atoms with van der Waals surface area (Å²) in [5, 5.41) is 0.358. The van der Waals surface area contributed by atoms with Crippen molar-refractivity contribution < 1.29 is 4.79 Å². The summed E-state index contributed by atoms with van der Waals surface area (Å²) in [5.41, 5.74) is 1.87. The average molecular weight is 231 g/mol. The van der Waals surface area contributed by atoms with Gasteiger partial charge in [-0.3, -0.25) is 4.79 Å². The zero-order chi connectivity index (χ0) is 10.7. The van der Waals surface area contributed by atoms with E-state index in [0.717, 1.165) is 11.1 Å². The van der Waals surface area contributed by atoms with Crippen molar-refractivity contribution in [2.75, 3.05) is 0 Å². The van der Waals surface area contributed by atoms with Crippen LogP contribution in [0, 0.1) is 6.92 Å². The summed E-state index contributed by atoms with van der Waals surface area (Å²) in [6.07, 6.45) is 0.698. The van der Waals surface area contributed by atoms with Crippen LogP contribution >= 0.6 is 23.2 Å². The predicted molar refractivity (Wildman–Crippen MR) is 60.1 cm³/mol. The Morgan fingerprint density at radius 1 is 1.50 bits per heavy atom. The number of hydrogen-bond donors (Lipinski definition) is 0. The maximum absolute atomic E-state index is 11.2. The lowest BCUT2D eigenvalue weighted by atomic mass is 9.94. The van der Waals surface area contributed by atoms with Crippen LogP contribution in [0.4, 0.5) is 0 Å². The second-order valence-electron chi connectivity index (χ2n) is 3.22. The topological polar surface area (TPSA) is 17.1 Å². The Morgan fingerprint density at radius 2 is 2.14 bits per heavy atom. The first-order valence-electron chi connectivity index (χ1n) is 4.52. The van der Waals surface area contributed by atoms with E-state index in [4.69, 9.17) is 23.2 Å². The van der Waals surface area contributed by atoms with E-state index in [-0.39, 0.29) is 11.2 Å². The summed E-state index contributed by atoms with van der Waals surface area (Å²) < 4.78 is 0. The fraction of sp³-hybridized carbons (Fsp3) is 0.364. The maximum atomic E-state index is 11.2. The van der Waals surface area contributed by atoms with Crippen molar-refractivity contribution in [1.29, 1.82) is 0 Å². The van der Waals surface area contributed by atoms with Gasteiger partial charge in [-0.25, -0.2) is 0 Å². The first-order chi connectivity index (χ1) is 6.57. The molecule has 1 nitrogen and oxygen atoms in total. The van der Waals surface area contributed by atoms with E-state index in [2.05, 4.69) is 0 Å². The van der Waals surface area contributed by atoms with E-state index >= 15 is 0 Å². The van der Waals surface area contributed by atoms with Crippen molar-refractivity contribution in [2.24, 2.45) is 0 Å². The zero-order valence-electron chi connectivity index (χ0n) is 8.18. The SMILES string of the molecule is CCC(C(=O)Cl)c1cccc(Cl)c1C. The van der Waals surface area contributed by atoms with Gasteiger partial charge in [-0.05, 0) is 42.1 Å². The third-order valence-electron chi connectivity index (χ3n) is 2.37. The van der Waals surface area contributed by atoms with E-state index in [0.29, 0.717) is 11.4 Å². The Kier molecular flexibility index (Phi) is 3.97. The van der Waals surface area contributed by atoms with Crippen LogP contribution in [0.3, 0.4) is 0 Å². The van der Waals surface area contributed by atoms with Gasteiger partial charge >= 0.3 is 0 Å². The van der Waals surface area contributed by atoms with Crippen LogP contribution in [0.25, 0.3) is 0 Å². The monoisotopic (exact) mass is 230 g/mol. The standard InChI is InChI=1S/C11H12Cl2O/c1-3-8(11(13)14)9-5-4-6-10(12)7(9)2/h4-6,8H,3H2,1-2H3. The van der Waals surface area contributed by atoms with Crippen LogP contribution in [0.2, 0.25) is 5.02 Å². The molecule has 1 aromatic rings. The average Bonchev–Trinajstić information content (AvgIpc) is 2.13. The number of carbonyl (C=O) groups is 1. The molecule has 0 N–H and O–H groups in total. The third-order valence-corrected chi connectivity index (χ3v) is 3.04. The molecule has 0 radical (unpaired) electrons. The lowest BCUT2D eigenvalue weighted by Crippen LogP contribution is -2.07.